The van der Waals surface area contributed by atoms with E-state index in [1.807, 2.05) is 0 Å². The molecule has 0 unspecified atom stereocenters. The van der Waals surface area contributed by atoms with Crippen LogP contribution in [0.15, 0.2) is 0 Å². The van der Waals surface area contributed by atoms with Crippen LogP contribution >= 0.6 is 0 Å². The van der Waals surface area contributed by atoms with Crippen LogP contribution in [0.25, 0.3) is 0 Å². The first-order valence-corrected chi connectivity index (χ1v) is 7.88. The van der Waals surface area contributed by atoms with Crippen molar-refractivity contribution in [2.45, 2.75) is 35.5 Å². The van der Waals surface area contributed by atoms with E-state index in [2.05, 4.69) is 0 Å². The van der Waals surface area contributed by atoms with E-state index in [0.29, 0.717) is 0 Å². The van der Waals surface area contributed by atoms with Crippen molar-refractivity contribution in [2.75, 3.05) is 0 Å². The van der Waals surface area contributed by atoms with Gasteiger partial charge in [-0.05, 0) is 0 Å². The van der Waals surface area contributed by atoms with Gasteiger partial charge in [-0.2, -0.15) is 0 Å². The summed E-state index contributed by atoms with van der Waals surface area (Å²) in [4.78, 5) is 0. The van der Waals surface area contributed by atoms with E-state index in [1.54, 1.807) is 25.7 Å². The van der Waals surface area contributed by atoms with Gasteiger partial charge in [0, 0.05) is 0 Å². The summed E-state index contributed by atoms with van der Waals surface area (Å²) in [7, 11) is 0. The van der Waals surface area contributed by atoms with Crippen LogP contribution in [0.1, 0.15) is 32.1 Å². The zero-order chi connectivity index (χ0) is 5.11. The first kappa shape index (κ1) is 6.06. The van der Waals surface area contributed by atoms with E-state index < -0.39 is 0 Å². The molecule has 1 rings (SSSR count). The van der Waals surface area contributed by atoms with E-state index in [9.17, 15) is 0 Å². The summed E-state index contributed by atoms with van der Waals surface area (Å²) in [6.07, 6.45) is 7.78. The molecule has 0 nitrogen and oxygen atoms in total. The molecule has 38 valence electrons. The Kier molecular flexibility index (Phi) is 2.65. The number of hydrogen-bond donors (Lipinski definition) is 0. The quantitative estimate of drug-likeness (QED) is 0.597. The molecule has 1 aliphatic carbocycles. The van der Waals surface area contributed by atoms with Crippen molar-refractivity contribution >= 4 is 0 Å². The Morgan fingerprint density at radius 1 is 1.00 bits per heavy atom. The Labute approximate surface area is 61.6 Å². The molecule has 0 spiro atoms. The van der Waals surface area contributed by atoms with E-state index in [-0.39, 0.29) is 0 Å². The molecule has 7 heavy (non-hydrogen) atoms. The van der Waals surface area contributed by atoms with E-state index in [1.165, 1.54) is 9.85 Å². The van der Waals surface area contributed by atoms with Crippen LogP contribution in [0.5, 0.6) is 0 Å². The van der Waals surface area contributed by atoms with Crippen molar-refractivity contribution in [1.82, 2.24) is 0 Å². The van der Waals surface area contributed by atoms with Gasteiger partial charge in [0.25, 0.3) is 0 Å². The van der Waals surface area contributed by atoms with Crippen LogP contribution < -0.4 is 0 Å². The molecule has 1 heteroatoms. The molecule has 0 amide bonds. The normalized spacial score (nSPS) is 25.0. The van der Waals surface area contributed by atoms with Crippen molar-refractivity contribution in [3.63, 3.8) is 0 Å². The average Bonchev–Trinajstić information content (AvgIpc) is 1.69. The fourth-order valence-electron chi connectivity index (χ4n) is 1.31. The van der Waals surface area contributed by atoms with Gasteiger partial charge in [-0.25, -0.2) is 0 Å². The summed E-state index contributed by atoms with van der Waals surface area (Å²) in [5.74, 6) is 0. The molecule has 0 aromatic carbocycles. The summed E-state index contributed by atoms with van der Waals surface area (Å²) in [6, 6.07) is 0. The van der Waals surface area contributed by atoms with Crippen LogP contribution in [0.4, 0.5) is 0 Å². The third kappa shape index (κ3) is 2.12. The van der Waals surface area contributed by atoms with Crippen LogP contribution in [0.3, 0.4) is 0 Å². The molecule has 1 aliphatic rings. The fraction of sp³-hybridized carbons (Fsp3) is 1.00. The summed E-state index contributed by atoms with van der Waals surface area (Å²) < 4.78 is 1.26. The SMILES string of the molecule is [HgH][CH]1CCCCC1. The molecular formula is C6H12Hg. The summed E-state index contributed by atoms with van der Waals surface area (Å²) in [5.41, 5.74) is 0. The first-order valence-electron chi connectivity index (χ1n) is 3.39. The summed E-state index contributed by atoms with van der Waals surface area (Å²) in [5, 5.41) is 0. The number of rotatable bonds is 0. The van der Waals surface area contributed by atoms with Gasteiger partial charge in [0.2, 0.25) is 0 Å². The van der Waals surface area contributed by atoms with Gasteiger partial charge in [0.05, 0.1) is 0 Å². The van der Waals surface area contributed by atoms with Crippen LogP contribution in [-0.2, 0) is 26.1 Å². The van der Waals surface area contributed by atoms with Gasteiger partial charge >= 0.3 is 61.7 Å². The zero-order valence-electron chi connectivity index (χ0n) is 5.11. The first-order chi connectivity index (χ1) is 3.39. The van der Waals surface area contributed by atoms with Crippen molar-refractivity contribution < 1.29 is 26.1 Å². The van der Waals surface area contributed by atoms with Gasteiger partial charge in [0.15, 0.2) is 0 Å². The van der Waals surface area contributed by atoms with Crippen molar-refractivity contribution in [3.05, 3.63) is 0 Å². The van der Waals surface area contributed by atoms with E-state index in [0.717, 1.165) is 26.1 Å². The third-order valence-corrected chi connectivity index (χ3v) is 6.38. The van der Waals surface area contributed by atoms with Gasteiger partial charge in [-0.3, -0.25) is 0 Å². The molecule has 0 radical (unpaired) electrons. The molecular weight excluding hydrogens is 273 g/mol. The van der Waals surface area contributed by atoms with Gasteiger partial charge in [-0.15, -0.1) is 0 Å². The average molecular weight is 285 g/mol. The Balaban J connectivity index is 2.12. The Morgan fingerprint density at radius 2 is 1.57 bits per heavy atom. The summed E-state index contributed by atoms with van der Waals surface area (Å²) in [6.45, 7) is 0. The Hall–Kier alpha value is 0.935. The molecule has 1 fully saturated rings. The predicted octanol–water partition coefficient (Wildman–Crippen LogP) is 2.02. The van der Waals surface area contributed by atoms with Crippen LogP contribution in [-0.4, -0.2) is 0 Å². The molecule has 0 aromatic rings. The monoisotopic (exact) mass is 286 g/mol. The van der Waals surface area contributed by atoms with Gasteiger partial charge < -0.3 is 0 Å². The van der Waals surface area contributed by atoms with Crippen molar-refractivity contribution in [2.24, 2.45) is 0 Å². The van der Waals surface area contributed by atoms with Crippen molar-refractivity contribution in [3.8, 4) is 0 Å². The molecule has 0 N–H and O–H groups in total. The molecule has 0 aromatic heterocycles. The molecule has 0 bridgehead atoms. The maximum absolute atomic E-state index is 1.58. The van der Waals surface area contributed by atoms with Crippen molar-refractivity contribution in [1.29, 1.82) is 0 Å². The standard InChI is InChI=1S/C6H11.Hg.H/c1-2-4-6-5-3-1;;/h1H,2-6H2;;. The van der Waals surface area contributed by atoms with Crippen LogP contribution in [0.2, 0.25) is 3.43 Å². The second-order valence-corrected chi connectivity index (χ2v) is 9.09. The van der Waals surface area contributed by atoms with E-state index in [4.69, 9.17) is 0 Å². The molecule has 0 heterocycles. The Bertz CT molecular complexity index is 46.1. The van der Waals surface area contributed by atoms with Crippen LogP contribution in [0, 0.1) is 0 Å². The maximum atomic E-state index is 1.58. The predicted molar refractivity (Wildman–Crippen MR) is 28.2 cm³/mol. The number of hydrogen-bond acceptors (Lipinski definition) is 0. The minimum absolute atomic E-state index is 0.905. The molecule has 0 saturated heterocycles. The Morgan fingerprint density at radius 3 is 1.86 bits per heavy atom. The summed E-state index contributed by atoms with van der Waals surface area (Å²) >= 11 is 0.905. The zero-order valence-corrected chi connectivity index (χ0v) is 12.9. The molecule has 0 atom stereocenters. The minimum atomic E-state index is 0.905. The van der Waals surface area contributed by atoms with Gasteiger partial charge in [0.1, 0.15) is 0 Å². The van der Waals surface area contributed by atoms with E-state index >= 15 is 0 Å². The second-order valence-electron chi connectivity index (χ2n) is 2.74. The fourth-order valence-corrected chi connectivity index (χ4v) is 4.48. The van der Waals surface area contributed by atoms with Gasteiger partial charge in [-0.1, -0.05) is 0 Å². The molecule has 0 aliphatic heterocycles. The second kappa shape index (κ2) is 3.06. The molecule has 1 saturated carbocycles. The third-order valence-electron chi connectivity index (χ3n) is 1.89. The topological polar surface area (TPSA) is 0 Å².